The minimum absolute atomic E-state index is 0.208. The summed E-state index contributed by atoms with van der Waals surface area (Å²) in [4.78, 5) is 30.4. The molecular weight excluding hydrogens is 352 g/mol. The van der Waals surface area contributed by atoms with E-state index in [1.807, 2.05) is 24.3 Å². The van der Waals surface area contributed by atoms with Crippen LogP contribution in [-0.4, -0.2) is 29.0 Å². The average molecular weight is 380 g/mol. The van der Waals surface area contributed by atoms with Crippen molar-refractivity contribution in [2.75, 3.05) is 0 Å². The Hall–Kier alpha value is -2.43. The van der Waals surface area contributed by atoms with Gasteiger partial charge in [-0.25, -0.2) is 4.79 Å². The summed E-state index contributed by atoms with van der Waals surface area (Å²) in [6, 6.07) is 7.90. The highest BCUT2D eigenvalue weighted by atomic mass is 16.5. The number of rotatable bonds is 4. The predicted octanol–water partition coefficient (Wildman–Crippen LogP) is 3.96. The molecule has 28 heavy (non-hydrogen) atoms. The molecule has 0 radical (unpaired) electrons. The number of carbonyl (C=O) groups is 2. The third-order valence-corrected chi connectivity index (χ3v) is 6.06. The van der Waals surface area contributed by atoms with E-state index in [2.05, 4.69) is 12.2 Å². The van der Waals surface area contributed by atoms with Crippen molar-refractivity contribution >= 4 is 22.8 Å². The highest BCUT2D eigenvalue weighted by Crippen LogP contribution is 2.32. The van der Waals surface area contributed by atoms with Gasteiger partial charge in [-0.3, -0.25) is 9.78 Å². The van der Waals surface area contributed by atoms with Crippen LogP contribution < -0.4 is 5.32 Å². The molecule has 1 N–H and O–H groups in total. The van der Waals surface area contributed by atoms with E-state index < -0.39 is 12.1 Å². The molecule has 1 saturated carbocycles. The Morgan fingerprint density at radius 1 is 1.18 bits per heavy atom. The topological polar surface area (TPSA) is 68.3 Å². The van der Waals surface area contributed by atoms with Gasteiger partial charge in [0.25, 0.3) is 5.91 Å². The zero-order chi connectivity index (χ0) is 19.7. The number of nitrogens with zero attached hydrogens (tertiary/aromatic N) is 1. The number of hydrogen-bond donors (Lipinski definition) is 1. The minimum atomic E-state index is -0.809. The van der Waals surface area contributed by atoms with Gasteiger partial charge in [-0.15, -0.1) is 0 Å². The summed E-state index contributed by atoms with van der Waals surface area (Å²) < 4.78 is 5.64. The molecule has 1 fully saturated rings. The van der Waals surface area contributed by atoms with Gasteiger partial charge in [0.05, 0.1) is 11.1 Å². The molecule has 148 valence electrons. The summed E-state index contributed by atoms with van der Waals surface area (Å²) in [7, 11) is 0. The van der Waals surface area contributed by atoms with Crippen LogP contribution in [0.15, 0.2) is 24.3 Å². The highest BCUT2D eigenvalue weighted by Gasteiger charge is 2.29. The van der Waals surface area contributed by atoms with Gasteiger partial charge in [0.15, 0.2) is 6.10 Å². The van der Waals surface area contributed by atoms with Gasteiger partial charge in [0, 0.05) is 17.1 Å². The summed E-state index contributed by atoms with van der Waals surface area (Å²) in [5, 5.41) is 3.82. The number of nitrogens with one attached hydrogen (secondary N) is 1. The Morgan fingerprint density at radius 2 is 1.93 bits per heavy atom. The fraction of sp³-hybridized carbons (Fsp3) is 0.522. The molecule has 1 aromatic carbocycles. The third kappa shape index (κ3) is 3.75. The molecule has 5 nitrogen and oxygen atoms in total. The van der Waals surface area contributed by atoms with Crippen LogP contribution in [0.25, 0.3) is 10.9 Å². The highest BCUT2D eigenvalue weighted by molar-refractivity contribution is 6.05. The average Bonchev–Trinajstić information content (AvgIpc) is 3.19. The molecule has 4 rings (SSSR count). The van der Waals surface area contributed by atoms with Crippen LogP contribution in [0.4, 0.5) is 0 Å². The summed E-state index contributed by atoms with van der Waals surface area (Å²) in [5.41, 5.74) is 3.39. The number of para-hydroxylation sites is 1. The van der Waals surface area contributed by atoms with E-state index in [4.69, 9.17) is 9.72 Å². The molecule has 2 aliphatic rings. The maximum atomic E-state index is 13.2. The van der Waals surface area contributed by atoms with Crippen LogP contribution in [0.5, 0.6) is 0 Å². The molecule has 1 heterocycles. The lowest BCUT2D eigenvalue weighted by Gasteiger charge is -2.25. The third-order valence-electron chi connectivity index (χ3n) is 6.06. The van der Waals surface area contributed by atoms with Gasteiger partial charge in [-0.2, -0.15) is 0 Å². The molecule has 1 amide bonds. The number of carbonyl (C=O) groups excluding carboxylic acids is 2. The normalized spacial score (nSPS) is 20.6. The van der Waals surface area contributed by atoms with E-state index in [1.165, 1.54) is 0 Å². The zero-order valence-electron chi connectivity index (χ0n) is 16.7. The largest absolute Gasteiger partial charge is 0.449 e. The Morgan fingerprint density at radius 3 is 2.71 bits per heavy atom. The van der Waals surface area contributed by atoms with Crippen molar-refractivity contribution < 1.29 is 14.3 Å². The summed E-state index contributed by atoms with van der Waals surface area (Å²) in [6.07, 6.45) is 6.27. The number of aryl methyl sites for hydroxylation is 1. The Bertz CT molecular complexity index is 902. The lowest BCUT2D eigenvalue weighted by atomic mass is 9.84. The second kappa shape index (κ2) is 7.90. The van der Waals surface area contributed by atoms with E-state index in [0.717, 1.165) is 67.1 Å². The van der Waals surface area contributed by atoms with Crippen molar-refractivity contribution in [1.82, 2.24) is 10.3 Å². The van der Waals surface area contributed by atoms with Gasteiger partial charge < -0.3 is 10.1 Å². The first kappa shape index (κ1) is 18.9. The van der Waals surface area contributed by atoms with Crippen molar-refractivity contribution in [2.24, 2.45) is 5.92 Å². The van der Waals surface area contributed by atoms with Crippen molar-refractivity contribution in [3.05, 3.63) is 41.1 Å². The maximum absolute atomic E-state index is 13.2. The molecular formula is C23H28N2O3. The molecule has 0 bridgehead atoms. The second-order valence-corrected chi connectivity index (χ2v) is 8.31. The number of aromatic nitrogens is 1. The molecule has 2 aromatic rings. The van der Waals surface area contributed by atoms with Crippen molar-refractivity contribution in [1.29, 1.82) is 0 Å². The van der Waals surface area contributed by atoms with E-state index in [-0.39, 0.29) is 11.9 Å². The van der Waals surface area contributed by atoms with Crippen molar-refractivity contribution in [3.8, 4) is 0 Å². The number of fused-ring (bicyclic) bond motifs is 2. The molecule has 2 atom stereocenters. The second-order valence-electron chi connectivity index (χ2n) is 8.31. The van der Waals surface area contributed by atoms with Crippen molar-refractivity contribution in [2.45, 2.75) is 70.9 Å². The van der Waals surface area contributed by atoms with Gasteiger partial charge in [0.2, 0.25) is 0 Å². The van der Waals surface area contributed by atoms with E-state index in [9.17, 15) is 9.59 Å². The van der Waals surface area contributed by atoms with E-state index in [1.54, 1.807) is 6.92 Å². The number of amides is 1. The Labute approximate surface area is 165 Å². The van der Waals surface area contributed by atoms with Crippen LogP contribution in [-0.2, 0) is 22.4 Å². The number of hydrogen-bond acceptors (Lipinski definition) is 4. The molecule has 5 heteroatoms. The number of pyridine rings is 1. The van der Waals surface area contributed by atoms with Gasteiger partial charge >= 0.3 is 5.97 Å². The molecule has 1 aromatic heterocycles. The summed E-state index contributed by atoms with van der Waals surface area (Å²) >= 11 is 0. The first-order valence-electron chi connectivity index (χ1n) is 10.4. The lowest BCUT2D eigenvalue weighted by molar-refractivity contribution is -0.129. The van der Waals surface area contributed by atoms with Crippen LogP contribution in [0.1, 0.15) is 67.6 Å². The molecule has 0 saturated heterocycles. The smallest absolute Gasteiger partial charge is 0.339 e. The first-order valence-corrected chi connectivity index (χ1v) is 10.4. The lowest BCUT2D eigenvalue weighted by Crippen LogP contribution is -2.41. The molecule has 0 unspecified atom stereocenters. The maximum Gasteiger partial charge on any atom is 0.339 e. The van der Waals surface area contributed by atoms with Gasteiger partial charge in [-0.05, 0) is 56.6 Å². The van der Waals surface area contributed by atoms with Gasteiger partial charge in [0.1, 0.15) is 0 Å². The van der Waals surface area contributed by atoms with Crippen LogP contribution in [0.2, 0.25) is 0 Å². The Balaban J connectivity index is 1.61. The van der Waals surface area contributed by atoms with Crippen LogP contribution in [0.3, 0.4) is 0 Å². The fourth-order valence-electron chi connectivity index (χ4n) is 4.46. The molecule has 0 aliphatic heterocycles. The molecule has 2 aliphatic carbocycles. The predicted molar refractivity (Wildman–Crippen MR) is 108 cm³/mol. The van der Waals surface area contributed by atoms with E-state index in [0.29, 0.717) is 11.5 Å². The number of benzene rings is 1. The quantitative estimate of drug-likeness (QED) is 0.815. The fourth-order valence-corrected chi connectivity index (χ4v) is 4.46. The number of esters is 1. The van der Waals surface area contributed by atoms with Gasteiger partial charge in [-0.1, -0.05) is 38.0 Å². The summed E-state index contributed by atoms with van der Waals surface area (Å²) in [5.74, 6) is -0.121. The monoisotopic (exact) mass is 380 g/mol. The SMILES string of the molecule is C[C@@H]1CCc2nc3ccccc3c(C(=O)O[C@@H](C)C(=O)NC3CCCC3)c2C1. The number of ether oxygens (including phenoxy) is 1. The summed E-state index contributed by atoms with van der Waals surface area (Å²) in [6.45, 7) is 3.85. The van der Waals surface area contributed by atoms with Crippen molar-refractivity contribution in [3.63, 3.8) is 0 Å². The minimum Gasteiger partial charge on any atom is -0.449 e. The molecule has 0 spiro atoms. The first-order chi connectivity index (χ1) is 13.5. The van der Waals surface area contributed by atoms with Crippen LogP contribution >= 0.6 is 0 Å². The zero-order valence-corrected chi connectivity index (χ0v) is 16.7. The standard InChI is InChI=1S/C23H28N2O3/c1-14-11-12-20-18(13-14)21(17-9-5-6-10-19(17)25-20)23(27)28-15(2)22(26)24-16-7-3-4-8-16/h5-6,9-10,14-16H,3-4,7-8,11-13H2,1-2H3,(H,24,26)/t14-,15+/m1/s1. The van der Waals surface area contributed by atoms with E-state index >= 15 is 0 Å². The Kier molecular flexibility index (Phi) is 5.33. The van der Waals surface area contributed by atoms with Crippen LogP contribution in [0, 0.1) is 5.92 Å².